The van der Waals surface area contributed by atoms with E-state index in [0.717, 1.165) is 0 Å². The fourth-order valence-electron chi connectivity index (χ4n) is 2.18. The van der Waals surface area contributed by atoms with Crippen molar-refractivity contribution in [1.29, 1.82) is 0 Å². The molecule has 0 fully saturated rings. The number of carbonyl (C=O) groups excluding carboxylic acids is 1. The summed E-state index contributed by atoms with van der Waals surface area (Å²) in [4.78, 5) is 22.3. The number of phenols is 1. The third kappa shape index (κ3) is 5.68. The number of amides is 1. The van der Waals surface area contributed by atoms with Gasteiger partial charge in [-0.1, -0.05) is 6.07 Å². The van der Waals surface area contributed by atoms with Crippen molar-refractivity contribution in [2.24, 2.45) is 5.10 Å². The molecule has 0 radical (unpaired) electrons. The predicted molar refractivity (Wildman–Crippen MR) is 106 cm³/mol. The second-order valence-electron chi connectivity index (χ2n) is 5.59. The standard InChI is InChI=1S/C18H18BrN3O6/c1-3-27-16-8-12(7-13(19)18(16)24)9-20-21-17(23)10-28-15-5-4-11(2)6-14(15)22(25)26/h4-9,24H,3,10H2,1-2H3,(H,21,23)/b20-9-. The number of ether oxygens (including phenoxy) is 2. The number of hydrogen-bond donors (Lipinski definition) is 2. The molecule has 2 N–H and O–H groups in total. The van der Waals surface area contributed by atoms with Crippen LogP contribution in [0.4, 0.5) is 5.69 Å². The summed E-state index contributed by atoms with van der Waals surface area (Å²) in [7, 11) is 0. The lowest BCUT2D eigenvalue weighted by Crippen LogP contribution is -2.24. The average Bonchev–Trinajstić information content (AvgIpc) is 2.64. The molecule has 0 bridgehead atoms. The van der Waals surface area contributed by atoms with Crippen LogP contribution in [-0.2, 0) is 4.79 Å². The number of rotatable bonds is 8. The minimum absolute atomic E-state index is 0.00134. The first-order chi connectivity index (χ1) is 13.3. The number of halogens is 1. The Balaban J connectivity index is 1.97. The van der Waals surface area contributed by atoms with Gasteiger partial charge in [0.25, 0.3) is 5.91 Å². The highest BCUT2D eigenvalue weighted by Crippen LogP contribution is 2.35. The highest BCUT2D eigenvalue weighted by atomic mass is 79.9. The molecule has 0 atom stereocenters. The molecule has 1 amide bonds. The van der Waals surface area contributed by atoms with Crippen LogP contribution in [0.15, 0.2) is 39.9 Å². The summed E-state index contributed by atoms with van der Waals surface area (Å²) in [5.41, 5.74) is 3.33. The number of nitro groups is 1. The minimum atomic E-state index is -0.589. The highest BCUT2D eigenvalue weighted by Gasteiger charge is 2.16. The Kier molecular flexibility index (Phi) is 7.33. The quantitative estimate of drug-likeness (QED) is 0.360. The first-order valence-electron chi connectivity index (χ1n) is 8.16. The summed E-state index contributed by atoms with van der Waals surface area (Å²) in [6, 6.07) is 7.61. The van der Waals surface area contributed by atoms with Gasteiger partial charge in [0.2, 0.25) is 0 Å². The molecule has 0 spiro atoms. The molecular weight excluding hydrogens is 434 g/mol. The van der Waals surface area contributed by atoms with E-state index >= 15 is 0 Å². The number of hydrazone groups is 1. The molecule has 10 heteroatoms. The summed E-state index contributed by atoms with van der Waals surface area (Å²) in [6.45, 7) is 3.44. The SMILES string of the molecule is CCOc1cc(/C=N\NC(=O)COc2ccc(C)cc2[N+](=O)[O-])cc(Br)c1O. The fourth-order valence-corrected chi connectivity index (χ4v) is 2.64. The molecular formula is C18H18BrN3O6. The van der Waals surface area contributed by atoms with Gasteiger partial charge in [0.05, 0.1) is 22.2 Å². The maximum atomic E-state index is 11.9. The molecule has 2 aromatic rings. The number of aromatic hydroxyl groups is 1. The number of benzene rings is 2. The summed E-state index contributed by atoms with van der Waals surface area (Å²) in [6.07, 6.45) is 1.36. The first-order valence-corrected chi connectivity index (χ1v) is 8.96. The molecule has 148 valence electrons. The lowest BCUT2D eigenvalue weighted by Gasteiger charge is -2.08. The van der Waals surface area contributed by atoms with E-state index < -0.39 is 17.4 Å². The van der Waals surface area contributed by atoms with Crippen molar-refractivity contribution < 1.29 is 24.3 Å². The Morgan fingerprint density at radius 1 is 1.32 bits per heavy atom. The summed E-state index contributed by atoms with van der Waals surface area (Å²) in [5.74, 6) is -0.344. The van der Waals surface area contributed by atoms with Crippen LogP contribution in [0.25, 0.3) is 0 Å². The second kappa shape index (κ2) is 9.70. The van der Waals surface area contributed by atoms with Crippen LogP contribution >= 0.6 is 15.9 Å². The first kappa shape index (κ1) is 21.2. The maximum Gasteiger partial charge on any atom is 0.311 e. The van der Waals surface area contributed by atoms with E-state index in [0.29, 0.717) is 22.2 Å². The zero-order valence-electron chi connectivity index (χ0n) is 15.1. The van der Waals surface area contributed by atoms with Gasteiger partial charge in [0, 0.05) is 6.07 Å². The van der Waals surface area contributed by atoms with Crippen molar-refractivity contribution in [2.75, 3.05) is 13.2 Å². The molecule has 0 aliphatic heterocycles. The van der Waals surface area contributed by atoms with Crippen LogP contribution in [-0.4, -0.2) is 35.4 Å². The molecule has 0 saturated heterocycles. The zero-order chi connectivity index (χ0) is 20.7. The smallest absolute Gasteiger partial charge is 0.311 e. The third-order valence-electron chi connectivity index (χ3n) is 3.42. The number of hydrogen-bond acceptors (Lipinski definition) is 7. The number of aryl methyl sites for hydroxylation is 1. The van der Waals surface area contributed by atoms with Gasteiger partial charge in [-0.3, -0.25) is 14.9 Å². The van der Waals surface area contributed by atoms with E-state index in [2.05, 4.69) is 26.5 Å². The minimum Gasteiger partial charge on any atom is -0.503 e. The van der Waals surface area contributed by atoms with Crippen LogP contribution in [0.2, 0.25) is 0 Å². The molecule has 0 aromatic heterocycles. The van der Waals surface area contributed by atoms with Gasteiger partial charge in [-0.25, -0.2) is 5.43 Å². The number of nitro benzene ring substituents is 1. The Bertz CT molecular complexity index is 916. The summed E-state index contributed by atoms with van der Waals surface area (Å²) >= 11 is 3.21. The van der Waals surface area contributed by atoms with Gasteiger partial charge < -0.3 is 14.6 Å². The van der Waals surface area contributed by atoms with E-state index in [4.69, 9.17) is 9.47 Å². The molecule has 9 nitrogen and oxygen atoms in total. The average molecular weight is 452 g/mol. The van der Waals surface area contributed by atoms with E-state index in [1.54, 1.807) is 32.0 Å². The molecule has 2 aromatic carbocycles. The lowest BCUT2D eigenvalue weighted by molar-refractivity contribution is -0.385. The number of nitrogens with zero attached hydrogens (tertiary/aromatic N) is 2. The van der Waals surface area contributed by atoms with E-state index in [-0.39, 0.29) is 22.9 Å². The largest absolute Gasteiger partial charge is 0.503 e. The topological polar surface area (TPSA) is 123 Å². The van der Waals surface area contributed by atoms with Crippen LogP contribution < -0.4 is 14.9 Å². The molecule has 0 aliphatic carbocycles. The van der Waals surface area contributed by atoms with Crippen molar-refractivity contribution in [3.05, 3.63) is 56.0 Å². The van der Waals surface area contributed by atoms with Crippen molar-refractivity contribution in [3.63, 3.8) is 0 Å². The van der Waals surface area contributed by atoms with Crippen LogP contribution in [0.1, 0.15) is 18.1 Å². The third-order valence-corrected chi connectivity index (χ3v) is 4.03. The maximum absolute atomic E-state index is 11.9. The normalized spacial score (nSPS) is 10.7. The Labute approximate surface area is 169 Å². The number of nitrogens with one attached hydrogen (secondary N) is 1. The van der Waals surface area contributed by atoms with Crippen molar-refractivity contribution in [3.8, 4) is 17.2 Å². The second-order valence-corrected chi connectivity index (χ2v) is 6.45. The van der Waals surface area contributed by atoms with E-state index in [9.17, 15) is 20.0 Å². The molecule has 0 aliphatic rings. The van der Waals surface area contributed by atoms with E-state index in [1.165, 1.54) is 18.3 Å². The van der Waals surface area contributed by atoms with E-state index in [1.807, 2.05) is 0 Å². The molecule has 2 rings (SSSR count). The van der Waals surface area contributed by atoms with Crippen LogP contribution in [0.5, 0.6) is 17.2 Å². The number of phenolic OH excluding ortho intramolecular Hbond substituents is 1. The van der Waals surface area contributed by atoms with Gasteiger partial charge in [-0.15, -0.1) is 0 Å². The van der Waals surface area contributed by atoms with Gasteiger partial charge >= 0.3 is 5.69 Å². The zero-order valence-corrected chi connectivity index (χ0v) is 16.7. The Hall–Kier alpha value is -3.14. The lowest BCUT2D eigenvalue weighted by atomic mass is 10.2. The van der Waals surface area contributed by atoms with Crippen molar-refractivity contribution >= 4 is 33.7 Å². The van der Waals surface area contributed by atoms with Gasteiger partial charge in [0.15, 0.2) is 23.9 Å². The predicted octanol–water partition coefficient (Wildman–Crippen LogP) is 3.30. The molecule has 0 saturated carbocycles. The van der Waals surface area contributed by atoms with Gasteiger partial charge in [-0.2, -0.15) is 5.10 Å². The van der Waals surface area contributed by atoms with Crippen molar-refractivity contribution in [1.82, 2.24) is 5.43 Å². The monoisotopic (exact) mass is 451 g/mol. The molecule has 0 unspecified atom stereocenters. The number of carbonyl (C=O) groups is 1. The van der Waals surface area contributed by atoms with Crippen molar-refractivity contribution in [2.45, 2.75) is 13.8 Å². The van der Waals surface area contributed by atoms with Crippen LogP contribution in [0, 0.1) is 17.0 Å². The highest BCUT2D eigenvalue weighted by molar-refractivity contribution is 9.10. The molecule has 0 heterocycles. The fraction of sp³-hybridized carbons (Fsp3) is 0.222. The summed E-state index contributed by atoms with van der Waals surface area (Å²) < 4.78 is 10.9. The van der Waals surface area contributed by atoms with Crippen LogP contribution in [0.3, 0.4) is 0 Å². The Morgan fingerprint density at radius 2 is 2.07 bits per heavy atom. The Morgan fingerprint density at radius 3 is 2.75 bits per heavy atom. The molecule has 28 heavy (non-hydrogen) atoms. The van der Waals surface area contributed by atoms with Gasteiger partial charge in [0.1, 0.15) is 0 Å². The summed E-state index contributed by atoms with van der Waals surface area (Å²) in [5, 5.41) is 24.7. The van der Waals surface area contributed by atoms with Gasteiger partial charge in [-0.05, 0) is 59.1 Å².